The van der Waals surface area contributed by atoms with Gasteiger partial charge in [0.15, 0.2) is 0 Å². The van der Waals surface area contributed by atoms with Crippen molar-refractivity contribution in [1.82, 2.24) is 0 Å². The summed E-state index contributed by atoms with van der Waals surface area (Å²) in [4.78, 5) is 22.2. The van der Waals surface area contributed by atoms with Crippen LogP contribution >= 0.6 is 0 Å². The van der Waals surface area contributed by atoms with Gasteiger partial charge in [0.05, 0.1) is 6.61 Å². The number of esters is 1. The van der Waals surface area contributed by atoms with Crippen LogP contribution in [0.25, 0.3) is 6.08 Å². The van der Waals surface area contributed by atoms with Crippen LogP contribution in [0.3, 0.4) is 0 Å². The van der Waals surface area contributed by atoms with Gasteiger partial charge >= 0.3 is 5.97 Å². The fraction of sp³-hybridized carbons (Fsp3) is 0.286. The highest BCUT2D eigenvalue weighted by Crippen LogP contribution is 2.17. The Hall–Kier alpha value is -2.10. The molecular weight excluding hydrogens is 230 g/mol. The number of aryl methyl sites for hydroxylation is 1. The van der Waals surface area contributed by atoms with Crippen molar-refractivity contribution in [1.29, 1.82) is 0 Å². The zero-order chi connectivity index (χ0) is 13.5. The zero-order valence-electron chi connectivity index (χ0n) is 10.8. The first kappa shape index (κ1) is 14.0. The van der Waals surface area contributed by atoms with Crippen molar-refractivity contribution in [2.45, 2.75) is 20.8 Å². The highest BCUT2D eigenvalue weighted by atomic mass is 16.5. The topological polar surface area (TPSA) is 55.4 Å². The molecule has 0 aliphatic heterocycles. The van der Waals surface area contributed by atoms with Crippen LogP contribution in [-0.4, -0.2) is 18.5 Å². The highest BCUT2D eigenvalue weighted by molar-refractivity contribution is 5.91. The molecule has 96 valence electrons. The third-order valence-electron chi connectivity index (χ3n) is 2.27. The number of nitrogens with one attached hydrogen (secondary N) is 1. The molecule has 1 aromatic rings. The number of ether oxygens (including phenoxy) is 1. The first-order valence-electron chi connectivity index (χ1n) is 5.76. The number of hydrogen-bond donors (Lipinski definition) is 1. The van der Waals surface area contributed by atoms with E-state index in [4.69, 9.17) is 4.74 Å². The lowest BCUT2D eigenvalue weighted by atomic mass is 10.1. The minimum atomic E-state index is -0.376. The molecule has 0 aromatic heterocycles. The van der Waals surface area contributed by atoms with E-state index in [9.17, 15) is 9.59 Å². The Bertz CT molecular complexity index is 478. The summed E-state index contributed by atoms with van der Waals surface area (Å²) in [6, 6.07) is 5.57. The predicted molar refractivity (Wildman–Crippen MR) is 71.1 cm³/mol. The average molecular weight is 247 g/mol. The van der Waals surface area contributed by atoms with Crippen molar-refractivity contribution < 1.29 is 14.3 Å². The SMILES string of the molecule is CCOC(=O)/C=C/c1ccc(C)c(NC(C)=O)c1. The summed E-state index contributed by atoms with van der Waals surface area (Å²) in [5.41, 5.74) is 2.55. The van der Waals surface area contributed by atoms with Crippen molar-refractivity contribution in [2.24, 2.45) is 0 Å². The van der Waals surface area contributed by atoms with Crippen LogP contribution in [0.5, 0.6) is 0 Å². The standard InChI is InChI=1S/C14H17NO3/c1-4-18-14(17)8-7-12-6-5-10(2)13(9-12)15-11(3)16/h5-9H,4H2,1-3H3,(H,15,16)/b8-7+. The van der Waals surface area contributed by atoms with E-state index in [1.807, 2.05) is 25.1 Å². The summed E-state index contributed by atoms with van der Waals surface area (Å²) in [6.45, 7) is 5.48. The number of hydrogen-bond acceptors (Lipinski definition) is 3. The maximum Gasteiger partial charge on any atom is 0.330 e. The van der Waals surface area contributed by atoms with Gasteiger partial charge in [-0.05, 0) is 37.1 Å². The second-order valence-electron chi connectivity index (χ2n) is 3.84. The maximum absolute atomic E-state index is 11.2. The van der Waals surface area contributed by atoms with Gasteiger partial charge in [-0.1, -0.05) is 12.1 Å². The lowest BCUT2D eigenvalue weighted by molar-refractivity contribution is -0.137. The molecular formula is C14H17NO3. The second kappa shape index (κ2) is 6.59. The van der Waals surface area contributed by atoms with Gasteiger partial charge in [-0.3, -0.25) is 4.79 Å². The molecule has 1 aromatic carbocycles. The largest absolute Gasteiger partial charge is 0.463 e. The number of amides is 1. The van der Waals surface area contributed by atoms with Crippen molar-refractivity contribution in [3.8, 4) is 0 Å². The van der Waals surface area contributed by atoms with Gasteiger partial charge in [0, 0.05) is 18.7 Å². The quantitative estimate of drug-likeness (QED) is 0.657. The lowest BCUT2D eigenvalue weighted by Crippen LogP contribution is -2.07. The summed E-state index contributed by atoms with van der Waals surface area (Å²) >= 11 is 0. The molecule has 0 unspecified atom stereocenters. The first-order valence-corrected chi connectivity index (χ1v) is 5.76. The molecule has 1 N–H and O–H groups in total. The molecule has 0 saturated carbocycles. The van der Waals surface area contributed by atoms with E-state index in [1.165, 1.54) is 13.0 Å². The van der Waals surface area contributed by atoms with Gasteiger partial charge in [-0.25, -0.2) is 4.79 Å². The second-order valence-corrected chi connectivity index (χ2v) is 3.84. The Kier molecular flexibility index (Phi) is 5.11. The molecule has 0 fully saturated rings. The van der Waals surface area contributed by atoms with E-state index in [-0.39, 0.29) is 11.9 Å². The normalized spacial score (nSPS) is 10.4. The molecule has 0 heterocycles. The smallest absolute Gasteiger partial charge is 0.330 e. The molecule has 4 heteroatoms. The van der Waals surface area contributed by atoms with Gasteiger partial charge < -0.3 is 10.1 Å². The van der Waals surface area contributed by atoms with E-state index in [0.29, 0.717) is 6.61 Å². The van der Waals surface area contributed by atoms with Gasteiger partial charge in [0.2, 0.25) is 5.91 Å². The van der Waals surface area contributed by atoms with Gasteiger partial charge in [0.1, 0.15) is 0 Å². The summed E-state index contributed by atoms with van der Waals surface area (Å²) in [6.07, 6.45) is 3.02. The molecule has 0 saturated heterocycles. The minimum Gasteiger partial charge on any atom is -0.463 e. The molecule has 0 spiro atoms. The van der Waals surface area contributed by atoms with Crippen LogP contribution in [0.15, 0.2) is 24.3 Å². The maximum atomic E-state index is 11.2. The van der Waals surface area contributed by atoms with Crippen LogP contribution < -0.4 is 5.32 Å². The van der Waals surface area contributed by atoms with Crippen LogP contribution in [-0.2, 0) is 14.3 Å². The van der Waals surface area contributed by atoms with E-state index < -0.39 is 0 Å². The molecule has 0 aliphatic rings. The van der Waals surface area contributed by atoms with Crippen molar-refractivity contribution >= 4 is 23.6 Å². The van der Waals surface area contributed by atoms with Crippen LogP contribution in [0, 0.1) is 6.92 Å². The first-order chi connectivity index (χ1) is 8.52. The van der Waals surface area contributed by atoms with E-state index >= 15 is 0 Å². The van der Waals surface area contributed by atoms with Gasteiger partial charge in [-0.2, -0.15) is 0 Å². The number of rotatable bonds is 4. The third kappa shape index (κ3) is 4.41. The molecule has 0 bridgehead atoms. The lowest BCUT2D eigenvalue weighted by Gasteiger charge is -2.07. The summed E-state index contributed by atoms with van der Waals surface area (Å²) in [7, 11) is 0. The van der Waals surface area contributed by atoms with Gasteiger partial charge in [0.25, 0.3) is 0 Å². The fourth-order valence-electron chi connectivity index (χ4n) is 1.42. The van der Waals surface area contributed by atoms with Crippen molar-refractivity contribution in [2.75, 3.05) is 11.9 Å². The summed E-state index contributed by atoms with van der Waals surface area (Å²) in [5.74, 6) is -0.497. The fourth-order valence-corrected chi connectivity index (χ4v) is 1.42. The summed E-state index contributed by atoms with van der Waals surface area (Å²) in [5, 5.41) is 2.74. The minimum absolute atomic E-state index is 0.121. The zero-order valence-corrected chi connectivity index (χ0v) is 10.8. The Balaban J connectivity index is 2.84. The predicted octanol–water partition coefficient (Wildman–Crippen LogP) is 2.53. The van der Waals surface area contributed by atoms with Crippen LogP contribution in [0.1, 0.15) is 25.0 Å². The Morgan fingerprint density at radius 3 is 2.72 bits per heavy atom. The van der Waals surface area contributed by atoms with E-state index in [0.717, 1.165) is 16.8 Å². The Labute approximate surface area is 107 Å². The Morgan fingerprint density at radius 1 is 1.39 bits per heavy atom. The number of carbonyl (C=O) groups excluding carboxylic acids is 2. The Morgan fingerprint density at radius 2 is 2.11 bits per heavy atom. The molecule has 4 nitrogen and oxygen atoms in total. The van der Waals surface area contributed by atoms with Crippen molar-refractivity contribution in [3.05, 3.63) is 35.4 Å². The monoisotopic (exact) mass is 247 g/mol. The molecule has 1 rings (SSSR count). The average Bonchev–Trinajstić information content (AvgIpc) is 2.30. The van der Waals surface area contributed by atoms with Gasteiger partial charge in [-0.15, -0.1) is 0 Å². The number of benzene rings is 1. The molecule has 0 aliphatic carbocycles. The van der Waals surface area contributed by atoms with Crippen molar-refractivity contribution in [3.63, 3.8) is 0 Å². The molecule has 1 amide bonds. The number of carbonyl (C=O) groups is 2. The molecule has 0 radical (unpaired) electrons. The summed E-state index contributed by atoms with van der Waals surface area (Å²) < 4.78 is 4.79. The number of anilines is 1. The van der Waals surface area contributed by atoms with E-state index in [2.05, 4.69) is 5.32 Å². The molecule has 18 heavy (non-hydrogen) atoms. The highest BCUT2D eigenvalue weighted by Gasteiger charge is 2.01. The van der Waals surface area contributed by atoms with Crippen LogP contribution in [0.4, 0.5) is 5.69 Å². The van der Waals surface area contributed by atoms with E-state index in [1.54, 1.807) is 13.0 Å². The van der Waals surface area contributed by atoms with Crippen LogP contribution in [0.2, 0.25) is 0 Å². The third-order valence-corrected chi connectivity index (χ3v) is 2.27. The molecule has 0 atom stereocenters.